The second-order valence-corrected chi connectivity index (χ2v) is 34.9. The Morgan fingerprint density at radius 1 is 0.436 bits per heavy atom. The van der Waals surface area contributed by atoms with Crippen LogP contribution in [0, 0.1) is 11.8 Å². The fourth-order valence-corrected chi connectivity index (χ4v) is 14.8. The van der Waals surface area contributed by atoms with Gasteiger partial charge in [-0.1, -0.05) is 107 Å². The molecule has 0 saturated carbocycles. The molecule has 0 spiro atoms. The van der Waals surface area contributed by atoms with E-state index in [1.807, 2.05) is 10.6 Å². The van der Waals surface area contributed by atoms with Crippen LogP contribution in [-0.4, -0.2) is 324 Å². The zero-order valence-corrected chi connectivity index (χ0v) is 75.7. The van der Waals surface area contributed by atoms with Crippen molar-refractivity contribution in [2.24, 2.45) is 17.6 Å². The molecule has 734 valence electrons. The number of carbonyl (C=O) groups is 20. The molecule has 0 unspecified atom stereocenters. The number of aliphatic hydroxyl groups is 4. The van der Waals surface area contributed by atoms with Crippen LogP contribution in [0.3, 0.4) is 0 Å². The Labute approximate surface area is 768 Å². The van der Waals surface area contributed by atoms with Crippen LogP contribution in [0.1, 0.15) is 123 Å². The summed E-state index contributed by atoms with van der Waals surface area (Å²) in [6.07, 6.45) is -7.01. The molecule has 1 heterocycles. The number of aliphatic carboxylic acids is 3. The third-order valence-corrected chi connectivity index (χ3v) is 22.5. The Kier molecular flexibility index (Phi) is 47.3. The largest absolute Gasteiger partial charge is 0.508 e. The van der Waals surface area contributed by atoms with E-state index < -0.39 is 294 Å². The van der Waals surface area contributed by atoms with Crippen LogP contribution in [0.2, 0.25) is 0 Å². The highest BCUT2D eigenvalue weighted by Gasteiger charge is 2.41. The van der Waals surface area contributed by atoms with Gasteiger partial charge >= 0.3 is 17.9 Å². The van der Waals surface area contributed by atoms with E-state index in [1.54, 1.807) is 33.8 Å². The predicted octanol–water partition coefficient (Wildman–Crippen LogP) is -7.43. The van der Waals surface area contributed by atoms with Gasteiger partial charge in [0.15, 0.2) is 9.84 Å². The van der Waals surface area contributed by atoms with Crippen LogP contribution in [0.4, 0.5) is 4.79 Å². The molecule has 1 aliphatic heterocycles. The van der Waals surface area contributed by atoms with Gasteiger partial charge in [0, 0.05) is 44.8 Å². The molecule has 0 radical (unpaired) electrons. The van der Waals surface area contributed by atoms with Gasteiger partial charge in [0.25, 0.3) is 5.24 Å². The molecule has 3 aromatic rings. The zero-order valence-electron chi connectivity index (χ0n) is 74.0. The van der Waals surface area contributed by atoms with Crippen LogP contribution < -0.4 is 85.5 Å². The normalized spacial score (nSPS) is 15.5. The third kappa shape index (κ3) is 40.3. The molecular formula is C83H119N17O31S2. The molecule has 1 aliphatic rings. The standard InChI is InChI=1S/C83H119N17O31S2/c1-8-43(4)68(80(126)93-55(33-49-19-23-51(106)24-20-49)74(120)89-53(30-42(2)3)73(119)91-57(34-66(113)114)72(118)87-44(5)14-12-13-27-84)98-79(125)60(38-102)95-75(121)54(32-48-17-21-50(105)22-18-48)90-76(122)58(35-67(115)116)92-78(124)59(37-101)96-82(128)70(46(7)104)99-77(123)56(31-47-15-10-9-11-16-47)94-81(127)69(45(6)103)97-61(107)36-86-71(117)52(25-26-65(111)112)88-63(109)41-133(130,131)40-62(108)85-28-29-100-64(110)39-132-83(100)129/h9-11,15-24,42-46,52-60,68-70,101-106H,8,12-14,25-41,84H2,1-7H3,(H,85,108)(H,86,117)(H,87,118)(H,88,109)(H,89,120)(H,90,122)(H,91,119)(H,92,124)(H,93,126)(H,94,127)(H,95,121)(H,96,128)(H,97,107)(H,98,125)(H,99,123)(H,111,112)(H,113,114)(H,115,116)/t43-,44+,45+,46+,52-,53-,54-,55-,56-,57-,58-,59-,60-,68-,69-,70-/m0/s1. The van der Waals surface area contributed by atoms with Gasteiger partial charge in [0.1, 0.15) is 95.5 Å². The lowest BCUT2D eigenvalue weighted by Gasteiger charge is -2.30. The summed E-state index contributed by atoms with van der Waals surface area (Å²) in [6.45, 7) is 6.26. The maximum Gasteiger partial charge on any atom is 0.305 e. The van der Waals surface area contributed by atoms with E-state index in [4.69, 9.17) is 5.73 Å². The van der Waals surface area contributed by atoms with Crippen LogP contribution in [-0.2, 0) is 120 Å². The number of phenols is 2. The van der Waals surface area contributed by atoms with Crippen molar-refractivity contribution in [1.82, 2.24) is 84.7 Å². The van der Waals surface area contributed by atoms with Crippen molar-refractivity contribution in [1.29, 1.82) is 0 Å². The molecule has 0 bridgehead atoms. The number of aliphatic hydroxyl groups excluding tert-OH is 4. The van der Waals surface area contributed by atoms with Crippen molar-refractivity contribution in [3.63, 3.8) is 0 Å². The fourth-order valence-electron chi connectivity index (χ4n) is 12.9. The summed E-state index contributed by atoms with van der Waals surface area (Å²) < 4.78 is 25.6. The molecule has 133 heavy (non-hydrogen) atoms. The summed E-state index contributed by atoms with van der Waals surface area (Å²) >= 11 is 0.720. The van der Waals surface area contributed by atoms with Crippen molar-refractivity contribution < 1.29 is 150 Å². The van der Waals surface area contributed by atoms with Crippen LogP contribution in [0.5, 0.6) is 11.5 Å². The Bertz CT molecular complexity index is 4670. The molecule has 26 N–H and O–H groups in total. The van der Waals surface area contributed by atoms with E-state index in [1.165, 1.54) is 79.7 Å². The highest BCUT2D eigenvalue weighted by molar-refractivity contribution is 8.14. The Morgan fingerprint density at radius 3 is 1.30 bits per heavy atom. The predicted molar refractivity (Wildman–Crippen MR) is 470 cm³/mol. The minimum absolute atomic E-state index is 0.0874. The number of hydrogen-bond donors (Lipinski definition) is 25. The van der Waals surface area contributed by atoms with Gasteiger partial charge in [0.2, 0.25) is 94.5 Å². The van der Waals surface area contributed by atoms with Crippen molar-refractivity contribution in [2.75, 3.05) is 56.7 Å². The maximum absolute atomic E-state index is 14.7. The third-order valence-electron chi connectivity index (χ3n) is 20.3. The number of carboxylic acids is 3. The molecule has 3 aromatic carbocycles. The number of amides is 17. The first-order valence-corrected chi connectivity index (χ1v) is 45.1. The fraction of sp³-hybridized carbons (Fsp3) is 0.542. The molecule has 48 nitrogen and oxygen atoms in total. The number of nitrogens with one attached hydrogen (secondary N) is 15. The van der Waals surface area contributed by atoms with Crippen molar-refractivity contribution in [3.8, 4) is 11.5 Å². The number of aromatic hydroxyl groups is 2. The number of hydrogen-bond acceptors (Lipinski definition) is 30. The SMILES string of the molecule is CC[C@H](C)[C@H](NC(=O)[C@H](CO)NC(=O)[C@H](Cc1ccc(O)cc1)NC(=O)[C@H](CC(=O)O)NC(=O)[C@H](CO)NC(=O)[C@@H](NC(=O)[C@H](Cc1ccccc1)NC(=O)[C@@H](NC(=O)CNC(=O)[C@H](CCC(=O)O)NC(=O)CS(=O)(=O)CC(=O)NCCN1C(=O)CSC1=O)[C@@H](C)O)[C@@H](C)O)C(=O)N[C@@H](Cc1ccc(O)cc1)C(=O)N[C@@H](CC(C)C)C(=O)N[C@@H](CC(=O)O)C(=O)N[C@H](C)CCCCN. The number of nitrogens with two attached hydrogens (primary N) is 1. The summed E-state index contributed by atoms with van der Waals surface area (Å²) in [5, 5.41) is 126. The molecule has 17 amide bonds. The smallest absolute Gasteiger partial charge is 0.305 e. The zero-order chi connectivity index (χ0) is 99.7. The van der Waals surface area contributed by atoms with Gasteiger partial charge in [-0.3, -0.25) is 101 Å². The van der Waals surface area contributed by atoms with Gasteiger partial charge in [0.05, 0.1) is 50.6 Å². The van der Waals surface area contributed by atoms with Crippen molar-refractivity contribution >= 4 is 139 Å². The molecule has 0 aliphatic carbocycles. The van der Waals surface area contributed by atoms with Crippen molar-refractivity contribution in [3.05, 3.63) is 95.6 Å². The molecule has 1 fully saturated rings. The Morgan fingerprint density at radius 2 is 0.842 bits per heavy atom. The average molecular weight is 1920 g/mol. The van der Waals surface area contributed by atoms with Gasteiger partial charge < -0.3 is 131 Å². The summed E-state index contributed by atoms with van der Waals surface area (Å²) in [4.78, 5) is 270. The number of carbonyl (C=O) groups excluding carboxylic acids is 17. The summed E-state index contributed by atoms with van der Waals surface area (Å²) in [6, 6.07) is -5.13. The number of sulfone groups is 1. The first-order chi connectivity index (χ1) is 62.6. The second kappa shape index (κ2) is 56.0. The maximum atomic E-state index is 14.7. The minimum atomic E-state index is -4.61. The van der Waals surface area contributed by atoms with E-state index >= 15 is 0 Å². The number of imide groups is 1. The number of phenolic OH excluding ortho intramolecular Hbond substituents is 2. The summed E-state index contributed by atoms with van der Waals surface area (Å²) in [7, 11) is -4.61. The average Bonchev–Trinajstić information content (AvgIpc) is 1.29. The first-order valence-electron chi connectivity index (χ1n) is 42.3. The monoisotopic (exact) mass is 1910 g/mol. The molecule has 16 atom stereocenters. The number of unbranched alkanes of at least 4 members (excludes halogenated alkanes) is 1. The van der Waals surface area contributed by atoms with Crippen LogP contribution in [0.15, 0.2) is 78.9 Å². The minimum Gasteiger partial charge on any atom is -0.508 e. The van der Waals surface area contributed by atoms with Gasteiger partial charge in [-0.05, 0) is 106 Å². The van der Waals surface area contributed by atoms with E-state index in [0.717, 1.165) is 30.5 Å². The summed E-state index contributed by atoms with van der Waals surface area (Å²) in [5.41, 5.74) is 6.42. The summed E-state index contributed by atoms with van der Waals surface area (Å²) in [5.74, 6) is -28.2. The van der Waals surface area contributed by atoms with Crippen molar-refractivity contribution in [2.45, 2.75) is 216 Å². The van der Waals surface area contributed by atoms with Gasteiger partial charge in [-0.15, -0.1) is 0 Å². The number of benzene rings is 3. The van der Waals surface area contributed by atoms with E-state index in [9.17, 15) is 150 Å². The van der Waals surface area contributed by atoms with E-state index in [2.05, 4.69) is 69.1 Å². The van der Waals surface area contributed by atoms with Gasteiger partial charge in [-0.2, -0.15) is 0 Å². The highest BCUT2D eigenvalue weighted by Crippen LogP contribution is 2.20. The number of thioether (sulfide) groups is 1. The second-order valence-electron chi connectivity index (χ2n) is 31.9. The number of nitrogens with zero attached hydrogens (tertiary/aromatic N) is 1. The lowest BCUT2D eigenvalue weighted by Crippen LogP contribution is -2.63. The Balaban J connectivity index is 1.54. The van der Waals surface area contributed by atoms with Crippen LogP contribution >= 0.6 is 11.8 Å². The van der Waals surface area contributed by atoms with E-state index in [-0.39, 0.29) is 61.1 Å². The highest BCUT2D eigenvalue weighted by atomic mass is 32.2. The number of carboxylic acid groups (broad SMARTS) is 3. The van der Waals surface area contributed by atoms with Gasteiger partial charge in [-0.25, -0.2) is 8.42 Å². The quantitative estimate of drug-likeness (QED) is 0.0233. The number of rotatable bonds is 59. The lowest BCUT2D eigenvalue weighted by molar-refractivity contribution is -0.142. The molecule has 4 rings (SSSR count). The first kappa shape index (κ1) is 112. The topological polar surface area (TPSA) is 767 Å². The lowest BCUT2D eigenvalue weighted by atomic mass is 9.96. The molecule has 0 aromatic heterocycles. The molecule has 1 saturated heterocycles. The van der Waals surface area contributed by atoms with Crippen LogP contribution in [0.25, 0.3) is 0 Å². The molecular weight excluding hydrogens is 1800 g/mol. The molecule has 50 heteroatoms. The van der Waals surface area contributed by atoms with E-state index in [0.29, 0.717) is 36.9 Å². The Hall–Kier alpha value is -13.0.